The van der Waals surface area contributed by atoms with Crippen molar-refractivity contribution in [3.05, 3.63) is 0 Å². The van der Waals surface area contributed by atoms with E-state index in [0.29, 0.717) is 0 Å². The first kappa shape index (κ1) is 1.17. The van der Waals surface area contributed by atoms with Crippen LogP contribution in [0, 0.1) is 0 Å². The van der Waals surface area contributed by atoms with E-state index in [1.165, 1.54) is 0 Å². The maximum atomic E-state index is 14.0. The van der Waals surface area contributed by atoms with E-state index in [9.17, 15) is 9.50 Å². The van der Waals surface area contributed by atoms with E-state index in [1.54, 1.807) is 0 Å². The molecule has 0 saturated heterocycles. The molecule has 0 aromatic rings. The molecular formula is C6H11FO. The highest BCUT2D eigenvalue weighted by Gasteiger charge is 2.17. The molecule has 0 aliphatic heterocycles. The van der Waals surface area contributed by atoms with Crippen molar-refractivity contribution in [3.63, 3.8) is 0 Å². The first-order valence-electron chi connectivity index (χ1n) is 6.91. The lowest BCUT2D eigenvalue weighted by Gasteiger charge is -2.18. The van der Waals surface area contributed by atoms with E-state index in [2.05, 4.69) is 0 Å². The van der Waals surface area contributed by atoms with Gasteiger partial charge in [-0.3, -0.25) is 0 Å². The lowest BCUT2D eigenvalue weighted by molar-refractivity contribution is 0.0940. The third kappa shape index (κ3) is 1.44. The molecule has 48 valence electrons. The standard InChI is InChI=1S/C6H11FO/c7-5-1-3-6(8)4-2-5/h5-6,8H,1-4H2/i1D2,2D2,3D2,4D2,5D,6D. The molecule has 0 atom stereocenters. The summed E-state index contributed by atoms with van der Waals surface area (Å²) in [5.41, 5.74) is 0. The van der Waals surface area contributed by atoms with Crippen LogP contribution in [0.2, 0.25) is 0 Å². The van der Waals surface area contributed by atoms with Crippen molar-refractivity contribution in [2.75, 3.05) is 0 Å². The summed E-state index contributed by atoms with van der Waals surface area (Å²) in [7, 11) is 0. The van der Waals surface area contributed by atoms with Gasteiger partial charge in [0.25, 0.3) is 0 Å². The van der Waals surface area contributed by atoms with Gasteiger partial charge in [0.15, 0.2) is 0 Å². The Kier molecular flexibility index (Phi) is 0.357. The van der Waals surface area contributed by atoms with Gasteiger partial charge in [0, 0.05) is 11.0 Å². The van der Waals surface area contributed by atoms with Crippen LogP contribution in [0.3, 0.4) is 0 Å². The van der Waals surface area contributed by atoms with Gasteiger partial charge in [0.1, 0.15) is 6.15 Å². The van der Waals surface area contributed by atoms with E-state index in [-0.39, 0.29) is 0 Å². The molecule has 0 unspecified atom stereocenters. The summed E-state index contributed by atoms with van der Waals surface area (Å²) in [6.07, 6.45) is -23.7. The normalized spacial score (nSPS) is 102. The molecular weight excluding hydrogens is 107 g/mol. The zero-order valence-corrected chi connectivity index (χ0v) is 3.83. The molecule has 8 heavy (non-hydrogen) atoms. The lowest BCUT2D eigenvalue weighted by atomic mass is 9.96. The molecule has 2 heteroatoms. The van der Waals surface area contributed by atoms with Gasteiger partial charge in [-0.1, -0.05) is 0 Å². The maximum absolute atomic E-state index is 14.0. The van der Waals surface area contributed by atoms with Gasteiger partial charge in [-0.25, -0.2) is 4.39 Å². The molecule has 1 saturated carbocycles. The lowest BCUT2D eigenvalue weighted by Crippen LogP contribution is -2.18. The minimum atomic E-state index is -4.32. The Morgan fingerprint density at radius 1 is 1.50 bits per heavy atom. The predicted octanol–water partition coefficient (Wildman–Crippen LogP) is 1.26. The third-order valence-corrected chi connectivity index (χ3v) is 0.581. The highest BCUT2D eigenvalue weighted by Crippen LogP contribution is 2.20. The van der Waals surface area contributed by atoms with Crippen LogP contribution in [0.5, 0.6) is 0 Å². The summed E-state index contributed by atoms with van der Waals surface area (Å²) in [6, 6.07) is 0. The van der Waals surface area contributed by atoms with Crippen LogP contribution in [0.1, 0.15) is 39.2 Å². The molecule has 1 fully saturated rings. The fraction of sp³-hybridized carbons (Fsp3) is 1.00. The van der Waals surface area contributed by atoms with Crippen LogP contribution in [0.4, 0.5) is 4.39 Å². The monoisotopic (exact) mass is 128 g/mol. The van der Waals surface area contributed by atoms with E-state index >= 15 is 0 Å². The quantitative estimate of drug-likeness (QED) is 0.520. The Balaban J connectivity index is 3.72. The Morgan fingerprint density at radius 2 is 2.00 bits per heavy atom. The largest absolute Gasteiger partial charge is 0.393 e. The van der Waals surface area contributed by atoms with Crippen molar-refractivity contribution >= 4 is 0 Å². The average Bonchev–Trinajstić information content (AvgIpc) is 2.14. The topological polar surface area (TPSA) is 20.2 Å². The zero-order valence-electron chi connectivity index (χ0n) is 13.8. The van der Waals surface area contributed by atoms with Gasteiger partial charge in [0.2, 0.25) is 0 Å². The van der Waals surface area contributed by atoms with Crippen LogP contribution < -0.4 is 0 Å². The first-order chi connectivity index (χ1) is 7.50. The van der Waals surface area contributed by atoms with Crippen molar-refractivity contribution in [3.8, 4) is 0 Å². The van der Waals surface area contributed by atoms with E-state index in [4.69, 9.17) is 13.7 Å². The van der Waals surface area contributed by atoms with E-state index in [1.807, 2.05) is 0 Å². The van der Waals surface area contributed by atoms with Crippen molar-refractivity contribution in [1.29, 1.82) is 0 Å². The Bertz CT molecular complexity index is 258. The van der Waals surface area contributed by atoms with Gasteiger partial charge < -0.3 is 5.11 Å². The number of rotatable bonds is 0. The SMILES string of the molecule is [2H]C1([2H])C([2H])([2H])C([2H])(F)C([2H])([2H])C([2H])([2H])C1([2H])O. The van der Waals surface area contributed by atoms with Crippen molar-refractivity contribution in [2.24, 2.45) is 0 Å². The molecule has 0 heterocycles. The highest BCUT2D eigenvalue weighted by atomic mass is 19.1. The summed E-state index contributed by atoms with van der Waals surface area (Å²) < 4.78 is 85.7. The minimum Gasteiger partial charge on any atom is -0.393 e. The van der Waals surface area contributed by atoms with Crippen LogP contribution in [-0.2, 0) is 0 Å². The first-order valence-corrected chi connectivity index (χ1v) is 1.91. The van der Waals surface area contributed by atoms with Gasteiger partial charge in [-0.15, -0.1) is 0 Å². The molecule has 0 aromatic carbocycles. The van der Waals surface area contributed by atoms with Crippen molar-refractivity contribution in [1.82, 2.24) is 0 Å². The Labute approximate surface area is 62.6 Å². The summed E-state index contributed by atoms with van der Waals surface area (Å²) in [5, 5.41) is 9.52. The van der Waals surface area contributed by atoms with Crippen LogP contribution in [0.15, 0.2) is 0 Å². The molecule has 0 amide bonds. The molecule has 0 spiro atoms. The summed E-state index contributed by atoms with van der Waals surface area (Å²) in [4.78, 5) is 0. The average molecular weight is 128 g/mol. The highest BCUT2D eigenvalue weighted by molar-refractivity contribution is 4.69. The van der Waals surface area contributed by atoms with Crippen molar-refractivity contribution in [2.45, 2.75) is 37.7 Å². The second-order valence-electron chi connectivity index (χ2n) is 1.16. The molecule has 1 rings (SSSR count). The smallest absolute Gasteiger partial charge is 0.100 e. The van der Waals surface area contributed by atoms with Gasteiger partial charge in [-0.05, 0) is 25.5 Å². The van der Waals surface area contributed by atoms with Gasteiger partial charge in [-0.2, -0.15) is 0 Å². The summed E-state index contributed by atoms with van der Waals surface area (Å²) >= 11 is 0. The molecule has 1 N–H and O–H groups in total. The molecule has 0 aromatic heterocycles. The Morgan fingerprint density at radius 3 is 2.50 bits per heavy atom. The maximum Gasteiger partial charge on any atom is 0.100 e. The second-order valence-corrected chi connectivity index (χ2v) is 1.16. The number of hydrogen-bond acceptors (Lipinski definition) is 1. The summed E-state index contributed by atoms with van der Waals surface area (Å²) in [5.74, 6) is 0. The molecule has 1 aliphatic carbocycles. The number of alkyl halides is 1. The van der Waals surface area contributed by atoms with E-state index in [0.717, 1.165) is 0 Å². The van der Waals surface area contributed by atoms with Crippen molar-refractivity contribution < 1.29 is 23.2 Å². The molecule has 0 radical (unpaired) electrons. The number of aliphatic hydroxyl groups is 1. The second kappa shape index (κ2) is 2.44. The Hall–Kier alpha value is -0.110. The summed E-state index contributed by atoms with van der Waals surface area (Å²) in [6.45, 7) is 0. The van der Waals surface area contributed by atoms with Crippen LogP contribution in [-0.4, -0.2) is 17.3 Å². The van der Waals surface area contributed by atoms with Crippen LogP contribution in [0.25, 0.3) is 0 Å². The van der Waals surface area contributed by atoms with Crippen LogP contribution >= 0.6 is 0 Å². The molecule has 1 nitrogen and oxygen atoms in total. The minimum absolute atomic E-state index is 3.83. The fourth-order valence-electron chi connectivity index (χ4n) is 0.291. The third-order valence-electron chi connectivity index (χ3n) is 0.581. The zero-order chi connectivity index (χ0) is 15.0. The fourth-order valence-corrected chi connectivity index (χ4v) is 0.291. The number of halogens is 1. The van der Waals surface area contributed by atoms with E-state index < -0.39 is 37.7 Å². The molecule has 1 aliphatic rings. The number of hydrogen-bond donors (Lipinski definition) is 1. The predicted molar refractivity (Wildman–Crippen MR) is 29.4 cm³/mol. The van der Waals surface area contributed by atoms with Gasteiger partial charge in [0.05, 0.1) is 8.82 Å². The molecule has 0 bridgehead atoms. The van der Waals surface area contributed by atoms with Gasteiger partial charge >= 0.3 is 0 Å².